The van der Waals surface area contributed by atoms with Crippen molar-refractivity contribution >= 4 is 17.7 Å². The van der Waals surface area contributed by atoms with E-state index in [9.17, 15) is 4.79 Å². The number of nitrogens with one attached hydrogen (secondary N) is 1. The number of aryl methyl sites for hydroxylation is 2. The first-order valence-corrected chi connectivity index (χ1v) is 6.88. The van der Waals surface area contributed by atoms with Crippen LogP contribution in [0.5, 0.6) is 0 Å². The Labute approximate surface area is 116 Å². The van der Waals surface area contributed by atoms with Crippen molar-refractivity contribution in [2.75, 3.05) is 0 Å². The summed E-state index contributed by atoms with van der Waals surface area (Å²) in [7, 11) is 0. The Morgan fingerprint density at radius 1 is 1.37 bits per heavy atom. The highest BCUT2D eigenvalue weighted by atomic mass is 32.2. The van der Waals surface area contributed by atoms with Crippen LogP contribution in [0.1, 0.15) is 27.4 Å². The zero-order chi connectivity index (χ0) is 13.8. The Balaban J connectivity index is 2.06. The summed E-state index contributed by atoms with van der Waals surface area (Å²) in [5, 5.41) is 0. The highest BCUT2D eigenvalue weighted by molar-refractivity contribution is 7.98. The molecule has 0 saturated carbocycles. The van der Waals surface area contributed by atoms with Crippen LogP contribution in [0.4, 0.5) is 0 Å². The second-order valence-corrected chi connectivity index (χ2v) is 5.31. The Bertz CT molecular complexity index is 593. The maximum atomic E-state index is 11.5. The Hall–Kier alpha value is -1.72. The summed E-state index contributed by atoms with van der Waals surface area (Å²) in [6, 6.07) is 10.00. The van der Waals surface area contributed by atoms with Crippen molar-refractivity contribution in [3.63, 3.8) is 0 Å². The van der Waals surface area contributed by atoms with Crippen molar-refractivity contribution in [3.8, 4) is 0 Å². The quantitative estimate of drug-likeness (QED) is 0.390. The highest BCUT2D eigenvalue weighted by Crippen LogP contribution is 2.25. The van der Waals surface area contributed by atoms with Gasteiger partial charge >= 0.3 is 0 Å². The first-order chi connectivity index (χ1) is 9.10. The molecule has 0 unspecified atom stereocenters. The van der Waals surface area contributed by atoms with Crippen molar-refractivity contribution in [1.82, 2.24) is 5.43 Å². The van der Waals surface area contributed by atoms with E-state index >= 15 is 0 Å². The molecule has 1 heterocycles. The summed E-state index contributed by atoms with van der Waals surface area (Å²) < 4.78 is 5.55. The van der Waals surface area contributed by atoms with Gasteiger partial charge in [-0.3, -0.25) is 10.2 Å². The van der Waals surface area contributed by atoms with Gasteiger partial charge in [-0.2, -0.15) is 0 Å². The normalized spacial score (nSPS) is 10.5. The molecule has 0 fully saturated rings. The van der Waals surface area contributed by atoms with Gasteiger partial charge in [-0.1, -0.05) is 17.7 Å². The van der Waals surface area contributed by atoms with E-state index < -0.39 is 0 Å². The van der Waals surface area contributed by atoms with Crippen LogP contribution in [-0.2, 0) is 5.75 Å². The fourth-order valence-corrected chi connectivity index (χ4v) is 2.67. The molecule has 5 heteroatoms. The fourth-order valence-electron chi connectivity index (χ4n) is 1.78. The molecule has 0 saturated heterocycles. The number of thioether (sulfide) groups is 1. The lowest BCUT2D eigenvalue weighted by molar-refractivity contribution is 0.0952. The Morgan fingerprint density at radius 2 is 2.16 bits per heavy atom. The van der Waals surface area contributed by atoms with Gasteiger partial charge in [0.2, 0.25) is 0 Å². The minimum absolute atomic E-state index is 0.326. The average molecular weight is 276 g/mol. The number of nitrogen functional groups attached to an aromatic ring is 1. The third-order valence-electron chi connectivity index (χ3n) is 2.72. The molecular formula is C14H16N2O2S. The number of carbonyl (C=O) groups is 1. The molecule has 0 bridgehead atoms. The van der Waals surface area contributed by atoms with Gasteiger partial charge in [0.1, 0.15) is 11.5 Å². The van der Waals surface area contributed by atoms with E-state index in [1.165, 1.54) is 10.5 Å². The smallest absolute Gasteiger partial charge is 0.268 e. The number of hydrogen-bond donors (Lipinski definition) is 2. The number of rotatable bonds is 4. The fraction of sp³-hybridized carbons (Fsp3) is 0.214. The van der Waals surface area contributed by atoms with E-state index in [0.717, 1.165) is 5.76 Å². The van der Waals surface area contributed by atoms with Crippen LogP contribution in [0, 0.1) is 13.8 Å². The van der Waals surface area contributed by atoms with Crippen molar-refractivity contribution in [3.05, 3.63) is 53.0 Å². The molecule has 0 radical (unpaired) electrons. The maximum absolute atomic E-state index is 11.5. The third-order valence-corrected chi connectivity index (χ3v) is 3.73. The van der Waals surface area contributed by atoms with E-state index in [2.05, 4.69) is 30.5 Å². The van der Waals surface area contributed by atoms with Crippen LogP contribution < -0.4 is 11.3 Å². The summed E-state index contributed by atoms with van der Waals surface area (Å²) >= 11 is 1.67. The molecule has 0 aliphatic carbocycles. The SMILES string of the molecule is Cc1cccc(SCc2cc(C(=O)NN)c(C)o2)c1. The van der Waals surface area contributed by atoms with Gasteiger partial charge in [0.05, 0.1) is 11.3 Å². The largest absolute Gasteiger partial charge is 0.465 e. The molecule has 3 N–H and O–H groups in total. The van der Waals surface area contributed by atoms with Gasteiger partial charge in [-0.15, -0.1) is 11.8 Å². The zero-order valence-corrected chi connectivity index (χ0v) is 11.7. The van der Waals surface area contributed by atoms with Crippen molar-refractivity contribution in [1.29, 1.82) is 0 Å². The van der Waals surface area contributed by atoms with E-state index in [1.54, 1.807) is 24.8 Å². The van der Waals surface area contributed by atoms with Gasteiger partial charge < -0.3 is 4.42 Å². The second kappa shape index (κ2) is 5.95. The molecule has 1 aromatic heterocycles. The standard InChI is InChI=1S/C14H16N2O2S/c1-9-4-3-5-12(6-9)19-8-11-7-13(10(2)18-11)14(17)16-15/h3-7H,8,15H2,1-2H3,(H,16,17). The van der Waals surface area contributed by atoms with Gasteiger partial charge in [-0.25, -0.2) is 5.84 Å². The lowest BCUT2D eigenvalue weighted by Crippen LogP contribution is -2.30. The van der Waals surface area contributed by atoms with Crippen molar-refractivity contribution in [2.45, 2.75) is 24.5 Å². The Morgan fingerprint density at radius 3 is 2.84 bits per heavy atom. The van der Waals surface area contributed by atoms with E-state index in [0.29, 0.717) is 17.1 Å². The van der Waals surface area contributed by atoms with E-state index in [-0.39, 0.29) is 5.91 Å². The predicted molar refractivity (Wildman–Crippen MR) is 75.8 cm³/mol. The lowest BCUT2D eigenvalue weighted by Gasteiger charge is -2.00. The number of benzene rings is 1. The molecular weight excluding hydrogens is 260 g/mol. The summed E-state index contributed by atoms with van der Waals surface area (Å²) in [5.41, 5.74) is 3.82. The predicted octanol–water partition coefficient (Wildman–Crippen LogP) is 2.79. The molecule has 1 amide bonds. The topological polar surface area (TPSA) is 68.3 Å². The minimum Gasteiger partial charge on any atom is -0.465 e. The summed E-state index contributed by atoms with van der Waals surface area (Å²) in [4.78, 5) is 12.6. The molecule has 0 aliphatic heterocycles. The molecule has 19 heavy (non-hydrogen) atoms. The molecule has 4 nitrogen and oxygen atoms in total. The molecule has 1 aromatic carbocycles. The van der Waals surface area contributed by atoms with Crippen molar-refractivity contribution in [2.24, 2.45) is 5.84 Å². The van der Waals surface area contributed by atoms with Crippen LogP contribution >= 0.6 is 11.8 Å². The van der Waals surface area contributed by atoms with Crippen LogP contribution in [-0.4, -0.2) is 5.91 Å². The average Bonchev–Trinajstić information content (AvgIpc) is 2.77. The number of furan rings is 1. The van der Waals surface area contributed by atoms with Gasteiger partial charge in [-0.05, 0) is 32.0 Å². The first-order valence-electron chi connectivity index (χ1n) is 5.90. The molecule has 100 valence electrons. The number of carbonyl (C=O) groups excluding carboxylic acids is 1. The molecule has 2 aromatic rings. The van der Waals surface area contributed by atoms with E-state index in [4.69, 9.17) is 10.3 Å². The van der Waals surface area contributed by atoms with Crippen LogP contribution in [0.15, 0.2) is 39.6 Å². The number of hydrogen-bond acceptors (Lipinski definition) is 4. The summed E-state index contributed by atoms with van der Waals surface area (Å²) in [6.07, 6.45) is 0. The van der Waals surface area contributed by atoms with Crippen LogP contribution in [0.25, 0.3) is 0 Å². The number of amides is 1. The summed E-state index contributed by atoms with van der Waals surface area (Å²) in [6.45, 7) is 3.82. The van der Waals surface area contributed by atoms with E-state index in [1.807, 2.05) is 6.07 Å². The number of hydrazine groups is 1. The second-order valence-electron chi connectivity index (χ2n) is 4.26. The lowest BCUT2D eigenvalue weighted by atomic mass is 10.2. The third kappa shape index (κ3) is 3.39. The maximum Gasteiger partial charge on any atom is 0.268 e. The van der Waals surface area contributed by atoms with Gasteiger partial charge in [0.15, 0.2) is 0 Å². The molecule has 2 rings (SSSR count). The van der Waals surface area contributed by atoms with Gasteiger partial charge in [0, 0.05) is 4.90 Å². The van der Waals surface area contributed by atoms with Crippen molar-refractivity contribution < 1.29 is 9.21 Å². The minimum atomic E-state index is -0.326. The Kier molecular flexibility index (Phi) is 4.29. The number of nitrogens with two attached hydrogens (primary N) is 1. The highest BCUT2D eigenvalue weighted by Gasteiger charge is 2.13. The molecule has 0 aliphatic rings. The monoisotopic (exact) mass is 276 g/mol. The van der Waals surface area contributed by atoms with Crippen LogP contribution in [0.2, 0.25) is 0 Å². The zero-order valence-electron chi connectivity index (χ0n) is 10.9. The summed E-state index contributed by atoms with van der Waals surface area (Å²) in [5.74, 6) is 6.83. The van der Waals surface area contributed by atoms with Gasteiger partial charge in [0.25, 0.3) is 5.91 Å². The van der Waals surface area contributed by atoms with Crippen LogP contribution in [0.3, 0.4) is 0 Å². The first kappa shape index (κ1) is 13.7. The molecule has 0 spiro atoms. The molecule has 0 atom stereocenters.